The van der Waals surface area contributed by atoms with E-state index in [0.717, 1.165) is 38.4 Å². The molecule has 1 fully saturated rings. The Morgan fingerprint density at radius 3 is 2.67 bits per heavy atom. The largest absolute Gasteiger partial charge is 0.508 e. The molecule has 5 heteroatoms. The highest BCUT2D eigenvalue weighted by molar-refractivity contribution is 5.66. The minimum atomic E-state index is -0.739. The highest BCUT2D eigenvalue weighted by Crippen LogP contribution is 2.30. The summed E-state index contributed by atoms with van der Waals surface area (Å²) in [5.41, 5.74) is 0.594. The average Bonchev–Trinajstić information content (AvgIpc) is 2.45. The average molecular weight is 295 g/mol. The van der Waals surface area contributed by atoms with Crippen LogP contribution in [0.2, 0.25) is 0 Å². The molecule has 1 saturated heterocycles. The molecule has 0 amide bonds. The first-order chi connectivity index (χ1) is 9.97. The summed E-state index contributed by atoms with van der Waals surface area (Å²) in [6.45, 7) is 3.67. The smallest absolute Gasteiger partial charge is 0.303 e. The third-order valence-corrected chi connectivity index (χ3v) is 4.40. The van der Waals surface area contributed by atoms with Crippen molar-refractivity contribution in [2.45, 2.75) is 38.6 Å². The molecule has 1 unspecified atom stereocenters. The van der Waals surface area contributed by atoms with Gasteiger partial charge in [0.1, 0.15) is 11.6 Å². The molecule has 4 nitrogen and oxygen atoms in total. The second-order valence-electron chi connectivity index (χ2n) is 5.79. The van der Waals surface area contributed by atoms with Gasteiger partial charge >= 0.3 is 5.97 Å². The second kappa shape index (κ2) is 6.89. The van der Waals surface area contributed by atoms with Crippen LogP contribution in [0.5, 0.6) is 5.75 Å². The Morgan fingerprint density at radius 2 is 2.10 bits per heavy atom. The van der Waals surface area contributed by atoms with Gasteiger partial charge in [0.15, 0.2) is 0 Å². The van der Waals surface area contributed by atoms with Gasteiger partial charge in [0, 0.05) is 24.1 Å². The van der Waals surface area contributed by atoms with Crippen molar-refractivity contribution in [2.75, 3.05) is 13.1 Å². The summed E-state index contributed by atoms with van der Waals surface area (Å²) in [7, 11) is 0. The Labute approximate surface area is 124 Å². The van der Waals surface area contributed by atoms with Crippen LogP contribution >= 0.6 is 0 Å². The number of aliphatic carboxylic acids is 1. The lowest BCUT2D eigenvalue weighted by atomic mass is 9.91. The van der Waals surface area contributed by atoms with Gasteiger partial charge in [-0.2, -0.15) is 0 Å². The second-order valence-corrected chi connectivity index (χ2v) is 5.79. The molecule has 116 valence electrons. The van der Waals surface area contributed by atoms with Gasteiger partial charge in [-0.05, 0) is 51.3 Å². The zero-order chi connectivity index (χ0) is 15.4. The quantitative estimate of drug-likeness (QED) is 0.876. The SMILES string of the molecule is CC(c1ccc(O)cc1F)N1CCC(CCC(=O)O)CC1. The lowest BCUT2D eigenvalue weighted by Crippen LogP contribution is -2.36. The molecule has 2 rings (SSSR count). The van der Waals surface area contributed by atoms with Crippen LogP contribution in [0.25, 0.3) is 0 Å². The van der Waals surface area contributed by atoms with Crippen molar-refractivity contribution in [2.24, 2.45) is 5.92 Å². The summed E-state index contributed by atoms with van der Waals surface area (Å²) >= 11 is 0. The van der Waals surface area contributed by atoms with Crippen molar-refractivity contribution in [3.8, 4) is 5.75 Å². The van der Waals surface area contributed by atoms with Crippen molar-refractivity contribution in [3.05, 3.63) is 29.6 Å². The summed E-state index contributed by atoms with van der Waals surface area (Å²) in [5, 5.41) is 18.0. The molecular weight excluding hydrogens is 273 g/mol. The number of carbonyl (C=O) groups is 1. The van der Waals surface area contributed by atoms with E-state index in [1.54, 1.807) is 6.07 Å². The van der Waals surface area contributed by atoms with Crippen LogP contribution in [0.3, 0.4) is 0 Å². The van der Waals surface area contributed by atoms with Crippen LogP contribution < -0.4 is 0 Å². The normalized spacial score (nSPS) is 18.6. The van der Waals surface area contributed by atoms with Gasteiger partial charge in [0.05, 0.1) is 0 Å². The van der Waals surface area contributed by atoms with E-state index in [1.165, 1.54) is 6.07 Å². The van der Waals surface area contributed by atoms with Crippen molar-refractivity contribution in [3.63, 3.8) is 0 Å². The molecule has 1 aromatic carbocycles. The predicted octanol–water partition coefficient (Wildman–Crippen LogP) is 3.17. The molecular formula is C16H22FNO3. The lowest BCUT2D eigenvalue weighted by molar-refractivity contribution is -0.137. The first-order valence-electron chi connectivity index (χ1n) is 7.41. The Morgan fingerprint density at radius 1 is 1.43 bits per heavy atom. The Hall–Kier alpha value is -1.62. The number of halogens is 1. The fraction of sp³-hybridized carbons (Fsp3) is 0.562. The zero-order valence-corrected chi connectivity index (χ0v) is 12.3. The Bertz CT molecular complexity index is 498. The van der Waals surface area contributed by atoms with E-state index in [0.29, 0.717) is 11.5 Å². The van der Waals surface area contributed by atoms with E-state index in [2.05, 4.69) is 4.90 Å². The number of aromatic hydroxyl groups is 1. The number of piperidine rings is 1. The summed E-state index contributed by atoms with van der Waals surface area (Å²) in [4.78, 5) is 12.8. The van der Waals surface area contributed by atoms with Crippen LogP contribution in [0, 0.1) is 11.7 Å². The third kappa shape index (κ3) is 4.17. The molecule has 1 aromatic rings. The third-order valence-electron chi connectivity index (χ3n) is 4.40. The number of nitrogens with zero attached hydrogens (tertiary/aromatic N) is 1. The molecule has 0 aliphatic carbocycles. The van der Waals surface area contributed by atoms with Crippen LogP contribution in [0.15, 0.2) is 18.2 Å². The highest BCUT2D eigenvalue weighted by atomic mass is 19.1. The van der Waals surface area contributed by atoms with Gasteiger partial charge in [-0.15, -0.1) is 0 Å². The van der Waals surface area contributed by atoms with E-state index in [-0.39, 0.29) is 24.0 Å². The maximum atomic E-state index is 13.9. The van der Waals surface area contributed by atoms with Gasteiger partial charge in [0.25, 0.3) is 0 Å². The molecule has 0 spiro atoms. The van der Waals surface area contributed by atoms with E-state index in [9.17, 15) is 14.3 Å². The summed E-state index contributed by atoms with van der Waals surface area (Å²) < 4.78 is 13.9. The molecule has 0 aromatic heterocycles. The van der Waals surface area contributed by atoms with Gasteiger partial charge in [-0.1, -0.05) is 6.07 Å². The number of carboxylic acid groups (broad SMARTS) is 1. The Kier molecular flexibility index (Phi) is 5.17. The number of hydrogen-bond acceptors (Lipinski definition) is 3. The summed E-state index contributed by atoms with van der Waals surface area (Å²) in [6.07, 6.45) is 2.87. The highest BCUT2D eigenvalue weighted by Gasteiger charge is 2.25. The zero-order valence-electron chi connectivity index (χ0n) is 12.3. The van der Waals surface area contributed by atoms with E-state index < -0.39 is 5.97 Å². The molecule has 0 bridgehead atoms. The van der Waals surface area contributed by atoms with Gasteiger partial charge in [-0.25, -0.2) is 4.39 Å². The molecule has 1 aliphatic rings. The minimum absolute atomic E-state index is 0.0361. The van der Waals surface area contributed by atoms with Crippen molar-refractivity contribution in [1.29, 1.82) is 0 Å². The summed E-state index contributed by atoms with van der Waals surface area (Å²) in [6, 6.07) is 4.25. The number of phenolic OH excluding ortho intramolecular Hbond substituents is 1. The van der Waals surface area contributed by atoms with Crippen LogP contribution in [-0.2, 0) is 4.79 Å². The molecule has 0 saturated carbocycles. The van der Waals surface area contributed by atoms with Crippen molar-refractivity contribution >= 4 is 5.97 Å². The molecule has 1 heterocycles. The maximum Gasteiger partial charge on any atom is 0.303 e. The predicted molar refractivity (Wildman–Crippen MR) is 77.6 cm³/mol. The minimum Gasteiger partial charge on any atom is -0.508 e. The number of phenols is 1. The van der Waals surface area contributed by atoms with E-state index in [4.69, 9.17) is 5.11 Å². The Balaban J connectivity index is 1.90. The standard InChI is InChI=1S/C16H22FNO3/c1-11(14-4-3-13(19)10-15(14)17)18-8-6-12(7-9-18)2-5-16(20)21/h3-4,10-12,19H,2,5-9H2,1H3,(H,20,21). The van der Waals surface area contributed by atoms with Crippen LogP contribution in [-0.4, -0.2) is 34.2 Å². The van der Waals surface area contributed by atoms with E-state index >= 15 is 0 Å². The number of hydrogen-bond donors (Lipinski definition) is 2. The van der Waals surface area contributed by atoms with Gasteiger partial charge in [-0.3, -0.25) is 9.69 Å². The van der Waals surface area contributed by atoms with Gasteiger partial charge < -0.3 is 10.2 Å². The fourth-order valence-corrected chi connectivity index (χ4v) is 3.01. The molecule has 0 radical (unpaired) electrons. The number of likely N-dealkylation sites (tertiary alicyclic amines) is 1. The van der Waals surface area contributed by atoms with E-state index in [1.807, 2.05) is 6.92 Å². The molecule has 1 aliphatic heterocycles. The van der Waals surface area contributed by atoms with Crippen molar-refractivity contribution in [1.82, 2.24) is 4.90 Å². The molecule has 21 heavy (non-hydrogen) atoms. The lowest BCUT2D eigenvalue weighted by Gasteiger charge is -2.36. The number of carboxylic acids is 1. The van der Waals surface area contributed by atoms with Crippen LogP contribution in [0.1, 0.15) is 44.2 Å². The monoisotopic (exact) mass is 295 g/mol. The fourth-order valence-electron chi connectivity index (χ4n) is 3.01. The first kappa shape index (κ1) is 15.8. The topological polar surface area (TPSA) is 60.8 Å². The number of rotatable bonds is 5. The first-order valence-corrected chi connectivity index (χ1v) is 7.41. The maximum absolute atomic E-state index is 13.9. The number of benzene rings is 1. The molecule has 1 atom stereocenters. The van der Waals surface area contributed by atoms with Crippen LogP contribution in [0.4, 0.5) is 4.39 Å². The summed E-state index contributed by atoms with van der Waals surface area (Å²) in [5.74, 6) is -0.725. The van der Waals surface area contributed by atoms with Crippen molar-refractivity contribution < 1.29 is 19.4 Å². The molecule has 2 N–H and O–H groups in total. The van der Waals surface area contributed by atoms with Gasteiger partial charge in [0.2, 0.25) is 0 Å².